The summed E-state index contributed by atoms with van der Waals surface area (Å²) < 4.78 is 10.4. The number of aromatic nitrogens is 1. The number of anilines is 2. The molecule has 2 N–H and O–H groups in total. The number of nitrogens with zero attached hydrogens (tertiary/aromatic N) is 1. The van der Waals surface area contributed by atoms with Gasteiger partial charge in [0.15, 0.2) is 5.13 Å². The average Bonchev–Trinajstić information content (AvgIpc) is 3.34. The summed E-state index contributed by atoms with van der Waals surface area (Å²) in [5, 5.41) is 6.24. The lowest BCUT2D eigenvalue weighted by atomic mass is 10.1. The van der Waals surface area contributed by atoms with Crippen LogP contribution in [0.3, 0.4) is 0 Å². The van der Waals surface area contributed by atoms with Crippen LogP contribution >= 0.6 is 11.3 Å². The van der Waals surface area contributed by atoms with Crippen LogP contribution in [0, 0.1) is 0 Å². The van der Waals surface area contributed by atoms with Crippen molar-refractivity contribution in [2.24, 2.45) is 0 Å². The molecule has 0 saturated carbocycles. The van der Waals surface area contributed by atoms with Crippen LogP contribution in [0.1, 0.15) is 33.3 Å². The van der Waals surface area contributed by atoms with E-state index in [2.05, 4.69) is 15.6 Å². The van der Waals surface area contributed by atoms with Gasteiger partial charge in [-0.2, -0.15) is 0 Å². The van der Waals surface area contributed by atoms with E-state index in [0.29, 0.717) is 28.6 Å². The van der Waals surface area contributed by atoms with E-state index >= 15 is 0 Å². The molecule has 0 saturated heterocycles. The van der Waals surface area contributed by atoms with Crippen molar-refractivity contribution in [3.8, 4) is 11.5 Å². The van der Waals surface area contributed by atoms with Gasteiger partial charge in [0, 0.05) is 22.2 Å². The average molecular weight is 423 g/mol. The molecule has 0 aliphatic heterocycles. The molecule has 7 nitrogen and oxygen atoms in total. The van der Waals surface area contributed by atoms with E-state index in [1.165, 1.54) is 25.6 Å². The Labute approximate surface area is 178 Å². The summed E-state index contributed by atoms with van der Waals surface area (Å²) in [6, 6.07) is 14.3. The molecule has 2 aromatic carbocycles. The molecule has 3 aromatic rings. The molecule has 0 radical (unpaired) electrons. The van der Waals surface area contributed by atoms with E-state index < -0.39 is 0 Å². The molecule has 0 spiro atoms. The third-order valence-corrected chi connectivity index (χ3v) is 5.96. The zero-order valence-corrected chi connectivity index (χ0v) is 17.4. The smallest absolute Gasteiger partial charge is 0.257 e. The van der Waals surface area contributed by atoms with Crippen LogP contribution in [0.4, 0.5) is 10.8 Å². The van der Waals surface area contributed by atoms with E-state index in [-0.39, 0.29) is 17.7 Å². The van der Waals surface area contributed by atoms with Gasteiger partial charge in [0.25, 0.3) is 5.91 Å². The van der Waals surface area contributed by atoms with E-state index in [4.69, 9.17) is 9.47 Å². The van der Waals surface area contributed by atoms with Gasteiger partial charge in [-0.3, -0.25) is 14.9 Å². The van der Waals surface area contributed by atoms with Crippen molar-refractivity contribution in [1.82, 2.24) is 4.98 Å². The summed E-state index contributed by atoms with van der Waals surface area (Å²) in [6.07, 6.45) is 1.48. The highest BCUT2D eigenvalue weighted by atomic mass is 32.1. The quantitative estimate of drug-likeness (QED) is 0.624. The first-order valence-electron chi connectivity index (χ1n) is 9.47. The van der Waals surface area contributed by atoms with Gasteiger partial charge in [-0.1, -0.05) is 18.2 Å². The number of amides is 2. The third kappa shape index (κ3) is 4.13. The minimum absolute atomic E-state index is 0.0827. The van der Waals surface area contributed by atoms with Crippen molar-refractivity contribution in [3.05, 3.63) is 64.7 Å². The Morgan fingerprint density at radius 3 is 2.40 bits per heavy atom. The van der Waals surface area contributed by atoms with Crippen molar-refractivity contribution in [2.45, 2.75) is 18.8 Å². The first-order valence-corrected chi connectivity index (χ1v) is 10.3. The number of thiazole rings is 1. The van der Waals surface area contributed by atoms with Gasteiger partial charge < -0.3 is 14.8 Å². The summed E-state index contributed by atoms with van der Waals surface area (Å²) in [7, 11) is 3.06. The van der Waals surface area contributed by atoms with Crippen LogP contribution in [-0.2, 0) is 11.2 Å². The number of ether oxygens (including phenoxy) is 2. The van der Waals surface area contributed by atoms with Crippen LogP contribution in [0.15, 0.2) is 48.5 Å². The molecule has 1 aromatic heterocycles. The molecule has 30 heavy (non-hydrogen) atoms. The van der Waals surface area contributed by atoms with Gasteiger partial charge >= 0.3 is 0 Å². The maximum atomic E-state index is 12.7. The minimum atomic E-state index is -0.320. The number of hydrogen-bond donors (Lipinski definition) is 2. The standard InChI is InChI=1S/C22H21N3O4S/c1-28-15-10-13(11-16(12-15)29-2)20(26)25-22-24-19-17(8-9-18(19)30-22)21(27)23-14-6-4-3-5-7-14/h3-7,10-12,17H,8-9H2,1-2H3,(H,23,27)(H,24,25,26). The Balaban J connectivity index is 1.49. The highest BCUT2D eigenvalue weighted by molar-refractivity contribution is 7.16. The van der Waals surface area contributed by atoms with Gasteiger partial charge in [-0.25, -0.2) is 4.98 Å². The molecule has 1 unspecified atom stereocenters. The Morgan fingerprint density at radius 1 is 1.03 bits per heavy atom. The number of benzene rings is 2. The molecule has 2 amide bonds. The largest absolute Gasteiger partial charge is 0.497 e. The zero-order valence-electron chi connectivity index (χ0n) is 16.6. The number of carbonyl (C=O) groups excluding carboxylic acids is 2. The molecule has 8 heteroatoms. The fourth-order valence-corrected chi connectivity index (χ4v) is 4.43. The number of hydrogen-bond acceptors (Lipinski definition) is 6. The molecular weight excluding hydrogens is 402 g/mol. The predicted molar refractivity (Wildman–Crippen MR) is 116 cm³/mol. The SMILES string of the molecule is COc1cc(OC)cc(C(=O)Nc2nc3c(s2)CCC3C(=O)Nc2ccccc2)c1. The van der Waals surface area contributed by atoms with Gasteiger partial charge in [-0.05, 0) is 37.1 Å². The maximum Gasteiger partial charge on any atom is 0.257 e. The molecule has 1 atom stereocenters. The van der Waals surface area contributed by atoms with Crippen LogP contribution < -0.4 is 20.1 Å². The Morgan fingerprint density at radius 2 is 1.73 bits per heavy atom. The van der Waals surface area contributed by atoms with E-state index in [0.717, 1.165) is 22.7 Å². The number of para-hydroxylation sites is 1. The summed E-state index contributed by atoms with van der Waals surface area (Å²) in [4.78, 5) is 31.0. The lowest BCUT2D eigenvalue weighted by molar-refractivity contribution is -0.117. The summed E-state index contributed by atoms with van der Waals surface area (Å²) in [6.45, 7) is 0. The van der Waals surface area contributed by atoms with Crippen molar-refractivity contribution < 1.29 is 19.1 Å². The van der Waals surface area contributed by atoms with Crippen molar-refractivity contribution in [3.63, 3.8) is 0 Å². The maximum absolute atomic E-state index is 12.7. The van der Waals surface area contributed by atoms with Crippen molar-refractivity contribution >= 4 is 34.0 Å². The molecule has 1 aliphatic carbocycles. The predicted octanol–water partition coefficient (Wildman–Crippen LogP) is 4.08. The van der Waals surface area contributed by atoms with Gasteiger partial charge in [0.1, 0.15) is 11.5 Å². The second-order valence-electron chi connectivity index (χ2n) is 6.83. The number of carbonyl (C=O) groups is 2. The Hall–Kier alpha value is -3.39. The number of aryl methyl sites for hydroxylation is 1. The van der Waals surface area contributed by atoms with Crippen LogP contribution in [-0.4, -0.2) is 31.0 Å². The lowest BCUT2D eigenvalue weighted by Crippen LogP contribution is -2.20. The molecular formula is C22H21N3O4S. The molecule has 4 rings (SSSR count). The van der Waals surface area contributed by atoms with Crippen molar-refractivity contribution in [2.75, 3.05) is 24.9 Å². The number of fused-ring (bicyclic) bond motifs is 1. The molecule has 0 bridgehead atoms. The van der Waals surface area contributed by atoms with Gasteiger partial charge in [0.2, 0.25) is 5.91 Å². The minimum Gasteiger partial charge on any atom is -0.497 e. The van der Waals surface area contributed by atoms with Gasteiger partial charge in [-0.15, -0.1) is 11.3 Å². The molecule has 1 heterocycles. The lowest BCUT2D eigenvalue weighted by Gasteiger charge is -2.11. The fraction of sp³-hybridized carbons (Fsp3) is 0.227. The second-order valence-corrected chi connectivity index (χ2v) is 7.91. The van der Waals surface area contributed by atoms with Crippen molar-refractivity contribution in [1.29, 1.82) is 0 Å². The van der Waals surface area contributed by atoms with Crippen LogP contribution in [0.25, 0.3) is 0 Å². The monoisotopic (exact) mass is 423 g/mol. The molecule has 1 aliphatic rings. The molecule has 0 fully saturated rings. The second kappa shape index (κ2) is 8.54. The van der Waals surface area contributed by atoms with E-state index in [9.17, 15) is 9.59 Å². The highest BCUT2D eigenvalue weighted by Gasteiger charge is 2.33. The summed E-state index contributed by atoms with van der Waals surface area (Å²) in [5.41, 5.74) is 1.90. The zero-order chi connectivity index (χ0) is 21.1. The van der Waals surface area contributed by atoms with Crippen LogP contribution in [0.2, 0.25) is 0 Å². The van der Waals surface area contributed by atoms with Gasteiger partial charge in [0.05, 0.1) is 25.8 Å². The summed E-state index contributed by atoms with van der Waals surface area (Å²) >= 11 is 1.41. The molecule has 154 valence electrons. The Kier molecular flexibility index (Phi) is 5.67. The normalized spacial score (nSPS) is 14.7. The van der Waals surface area contributed by atoms with E-state index in [1.54, 1.807) is 18.2 Å². The fourth-order valence-electron chi connectivity index (χ4n) is 3.39. The number of nitrogens with one attached hydrogen (secondary N) is 2. The summed E-state index contributed by atoms with van der Waals surface area (Å²) in [5.74, 6) is 0.335. The van der Waals surface area contributed by atoms with Crippen LogP contribution in [0.5, 0.6) is 11.5 Å². The first-order chi connectivity index (χ1) is 14.6. The first kappa shape index (κ1) is 19.9. The number of rotatable bonds is 6. The Bertz CT molecular complexity index is 1060. The topological polar surface area (TPSA) is 89.6 Å². The van der Waals surface area contributed by atoms with E-state index in [1.807, 2.05) is 30.3 Å². The highest BCUT2D eigenvalue weighted by Crippen LogP contribution is 2.39. The third-order valence-electron chi connectivity index (χ3n) is 4.91. The number of methoxy groups -OCH3 is 2.